The van der Waals surface area contributed by atoms with Gasteiger partial charge in [0.15, 0.2) is 23.0 Å². The molecule has 0 radical (unpaired) electrons. The van der Waals surface area contributed by atoms with Crippen LogP contribution in [0.3, 0.4) is 0 Å². The Morgan fingerprint density at radius 2 is 1.71 bits per heavy atom. The Morgan fingerprint density at radius 1 is 1.00 bits per heavy atom. The highest BCUT2D eigenvalue weighted by atomic mass is 16.6. The second kappa shape index (κ2) is 9.07. The molecule has 5 atom stereocenters. The zero-order valence-corrected chi connectivity index (χ0v) is 18.2. The molecule has 1 aliphatic rings. The van der Waals surface area contributed by atoms with Crippen molar-refractivity contribution in [1.29, 1.82) is 0 Å². The normalized spacial score (nSPS) is 24.4. The van der Waals surface area contributed by atoms with Gasteiger partial charge in [0, 0.05) is 24.6 Å². The summed E-state index contributed by atoms with van der Waals surface area (Å²) >= 11 is 0. The van der Waals surface area contributed by atoms with Crippen LogP contribution in [0.4, 0.5) is 0 Å². The van der Waals surface area contributed by atoms with Gasteiger partial charge in [-0.25, -0.2) is 0 Å². The fourth-order valence-corrected chi connectivity index (χ4v) is 4.05. The number of esters is 1. The first-order valence-corrected chi connectivity index (χ1v) is 10.4. The molecular formula is C23H22O12. The van der Waals surface area contributed by atoms with Crippen LogP contribution in [0.2, 0.25) is 0 Å². The lowest BCUT2D eigenvalue weighted by molar-refractivity contribution is -0.241. The third-order valence-corrected chi connectivity index (χ3v) is 5.72. The molecule has 0 bridgehead atoms. The van der Waals surface area contributed by atoms with Gasteiger partial charge in [-0.2, -0.15) is 0 Å². The van der Waals surface area contributed by atoms with E-state index in [-0.39, 0.29) is 28.0 Å². The molecule has 3 aromatic rings. The molecule has 1 saturated heterocycles. The monoisotopic (exact) mass is 490 g/mol. The van der Waals surface area contributed by atoms with Crippen LogP contribution in [0.5, 0.6) is 23.0 Å². The summed E-state index contributed by atoms with van der Waals surface area (Å²) < 4.78 is 16.2. The smallest absolute Gasteiger partial charge is 0.303 e. The molecule has 1 aliphatic heterocycles. The van der Waals surface area contributed by atoms with Crippen LogP contribution in [0, 0.1) is 0 Å². The molecule has 1 aromatic heterocycles. The molecule has 1 fully saturated rings. The van der Waals surface area contributed by atoms with Gasteiger partial charge in [-0.15, -0.1) is 0 Å². The molecule has 4 rings (SSSR count). The highest BCUT2D eigenvalue weighted by Crippen LogP contribution is 2.45. The quantitative estimate of drug-likeness (QED) is 0.195. The molecule has 2 heterocycles. The number of rotatable bonds is 4. The van der Waals surface area contributed by atoms with Gasteiger partial charge in [-0.3, -0.25) is 9.59 Å². The number of aliphatic hydroxyl groups excluding tert-OH is 3. The van der Waals surface area contributed by atoms with Crippen molar-refractivity contribution < 1.29 is 54.4 Å². The Bertz CT molecular complexity index is 1350. The third-order valence-electron chi connectivity index (χ3n) is 5.72. The minimum atomic E-state index is -1.76. The van der Waals surface area contributed by atoms with Gasteiger partial charge in [0.1, 0.15) is 52.6 Å². The first-order valence-electron chi connectivity index (χ1n) is 10.4. The number of aromatic hydroxyl groups is 4. The maximum absolute atomic E-state index is 12.9. The van der Waals surface area contributed by atoms with E-state index >= 15 is 0 Å². The number of phenolic OH excluding ortho intramolecular Hbond substituents is 4. The van der Waals surface area contributed by atoms with Gasteiger partial charge in [0.2, 0.25) is 0 Å². The molecular weight excluding hydrogens is 468 g/mol. The highest BCUT2D eigenvalue weighted by Gasteiger charge is 2.48. The third kappa shape index (κ3) is 4.23. The van der Waals surface area contributed by atoms with Crippen LogP contribution in [0.1, 0.15) is 18.6 Å². The van der Waals surface area contributed by atoms with Gasteiger partial charge in [0.05, 0.1) is 12.2 Å². The first kappa shape index (κ1) is 24.3. The fourth-order valence-electron chi connectivity index (χ4n) is 4.05. The van der Waals surface area contributed by atoms with Gasteiger partial charge >= 0.3 is 5.97 Å². The Labute approximate surface area is 196 Å². The molecule has 35 heavy (non-hydrogen) atoms. The number of benzene rings is 2. The maximum Gasteiger partial charge on any atom is 0.303 e. The molecule has 12 nitrogen and oxygen atoms in total. The van der Waals surface area contributed by atoms with Gasteiger partial charge < -0.3 is 49.6 Å². The first-order chi connectivity index (χ1) is 16.5. The zero-order valence-electron chi connectivity index (χ0n) is 18.2. The number of ether oxygens (including phenoxy) is 2. The lowest BCUT2D eigenvalue weighted by Gasteiger charge is -2.42. The SMILES string of the molecule is CC(=O)O[C@@H]1[C@@H](O)[C@H](O)[C@@H](CO)O[C@H]1c1c(O)cc2oc(-c3ccc(O)c(O)c3)cc(=O)c2c1O. The van der Waals surface area contributed by atoms with Crippen LogP contribution < -0.4 is 5.43 Å². The summed E-state index contributed by atoms with van der Waals surface area (Å²) in [6.45, 7) is 0.285. The van der Waals surface area contributed by atoms with Gasteiger partial charge in [-0.05, 0) is 18.2 Å². The van der Waals surface area contributed by atoms with Crippen LogP contribution >= 0.6 is 0 Å². The summed E-state index contributed by atoms with van der Waals surface area (Å²) in [6, 6.07) is 5.70. The molecule has 7 N–H and O–H groups in total. The van der Waals surface area contributed by atoms with Crippen molar-refractivity contribution in [2.45, 2.75) is 37.4 Å². The predicted octanol–water partition coefficient (Wildman–Crippen LogP) is 0.368. The van der Waals surface area contributed by atoms with Crippen LogP contribution in [-0.2, 0) is 14.3 Å². The summed E-state index contributed by atoms with van der Waals surface area (Å²) in [7, 11) is 0. The van der Waals surface area contributed by atoms with Crippen molar-refractivity contribution in [1.82, 2.24) is 0 Å². The number of hydrogen-bond acceptors (Lipinski definition) is 12. The van der Waals surface area contributed by atoms with E-state index in [2.05, 4.69) is 0 Å². The Balaban J connectivity index is 1.88. The Hall–Kier alpha value is -3.84. The number of phenols is 4. The van der Waals surface area contributed by atoms with E-state index in [1.807, 2.05) is 0 Å². The van der Waals surface area contributed by atoms with Gasteiger partial charge in [0.25, 0.3) is 0 Å². The second-order valence-electron chi connectivity index (χ2n) is 8.04. The van der Waals surface area contributed by atoms with Crippen molar-refractivity contribution in [2.24, 2.45) is 0 Å². The van der Waals surface area contributed by atoms with Crippen molar-refractivity contribution in [2.75, 3.05) is 6.61 Å². The molecule has 0 aliphatic carbocycles. The van der Waals surface area contributed by atoms with E-state index in [1.54, 1.807) is 0 Å². The maximum atomic E-state index is 12.9. The van der Waals surface area contributed by atoms with Crippen molar-refractivity contribution in [3.05, 3.63) is 46.1 Å². The molecule has 0 spiro atoms. The molecule has 186 valence electrons. The lowest BCUT2D eigenvalue weighted by atomic mass is 9.89. The summed E-state index contributed by atoms with van der Waals surface area (Å²) in [6.07, 6.45) is -7.96. The number of aliphatic hydroxyl groups is 3. The van der Waals surface area contributed by atoms with Crippen LogP contribution in [-0.4, -0.2) is 72.7 Å². The summed E-state index contributed by atoms with van der Waals surface area (Å²) in [5.74, 6) is -3.22. The minimum absolute atomic E-state index is 0.0463. The van der Waals surface area contributed by atoms with Crippen molar-refractivity contribution >= 4 is 16.9 Å². The zero-order chi connectivity index (χ0) is 25.6. The molecule has 2 aromatic carbocycles. The van der Waals surface area contributed by atoms with Crippen molar-refractivity contribution in [3.8, 4) is 34.3 Å². The van der Waals surface area contributed by atoms with E-state index in [0.717, 1.165) is 25.1 Å². The summed E-state index contributed by atoms with van der Waals surface area (Å²) in [5.41, 5.74) is -1.23. The predicted molar refractivity (Wildman–Crippen MR) is 117 cm³/mol. The van der Waals surface area contributed by atoms with Gasteiger partial charge in [-0.1, -0.05) is 0 Å². The second-order valence-corrected chi connectivity index (χ2v) is 8.04. The fraction of sp³-hybridized carbons (Fsp3) is 0.304. The average molecular weight is 490 g/mol. The summed E-state index contributed by atoms with van der Waals surface area (Å²) in [5, 5.41) is 70.7. The number of carbonyl (C=O) groups is 1. The molecule has 0 unspecified atom stereocenters. The van der Waals surface area contributed by atoms with E-state index in [4.69, 9.17) is 13.9 Å². The molecule has 0 saturated carbocycles. The summed E-state index contributed by atoms with van der Waals surface area (Å²) in [4.78, 5) is 24.5. The van der Waals surface area contributed by atoms with Crippen molar-refractivity contribution in [3.63, 3.8) is 0 Å². The Kier molecular flexibility index (Phi) is 6.30. The van der Waals surface area contributed by atoms with E-state index < -0.39 is 71.3 Å². The van der Waals surface area contributed by atoms with E-state index in [1.165, 1.54) is 12.1 Å². The molecule has 12 heteroatoms. The average Bonchev–Trinajstić information content (AvgIpc) is 2.79. The van der Waals surface area contributed by atoms with Crippen LogP contribution in [0.25, 0.3) is 22.3 Å². The standard InChI is InChI=1S/C23H22O12/c1-8(25)33-23-21(32)19(30)16(7-24)35-22(23)18-13(29)6-15-17(20(18)31)12(28)5-14(34-15)9-2-3-10(26)11(27)4-9/h2-6,16,19,21-24,26-27,29-32H,7H2,1H3/t16-,19-,21+,22+,23-/m1/s1. The number of fused-ring (bicyclic) bond motifs is 1. The van der Waals surface area contributed by atoms with Crippen LogP contribution in [0.15, 0.2) is 39.5 Å². The Morgan fingerprint density at radius 3 is 2.34 bits per heavy atom. The number of hydrogen-bond donors (Lipinski definition) is 7. The number of carbonyl (C=O) groups excluding carboxylic acids is 1. The topological polar surface area (TPSA) is 207 Å². The minimum Gasteiger partial charge on any atom is -0.507 e. The highest BCUT2D eigenvalue weighted by molar-refractivity contribution is 5.88. The lowest BCUT2D eigenvalue weighted by Crippen LogP contribution is -2.56. The van der Waals surface area contributed by atoms with E-state index in [0.29, 0.717) is 0 Å². The molecule has 0 amide bonds. The van der Waals surface area contributed by atoms with E-state index in [9.17, 15) is 45.3 Å². The largest absolute Gasteiger partial charge is 0.507 e.